The maximum Gasteiger partial charge on any atom is 0.332 e. The fourth-order valence-electron chi connectivity index (χ4n) is 4.27. The molecule has 0 fully saturated rings. The molecule has 0 radical (unpaired) electrons. The first-order valence-corrected chi connectivity index (χ1v) is 12.3. The van der Waals surface area contributed by atoms with E-state index in [1.807, 2.05) is 31.2 Å². The van der Waals surface area contributed by atoms with Gasteiger partial charge in [-0.15, -0.1) is 0 Å². The van der Waals surface area contributed by atoms with E-state index in [1.165, 1.54) is 18.8 Å². The number of hydrogen-bond acceptors (Lipinski definition) is 6. The van der Waals surface area contributed by atoms with E-state index in [2.05, 4.69) is 5.32 Å². The van der Waals surface area contributed by atoms with Crippen molar-refractivity contribution in [2.24, 2.45) is 0 Å². The van der Waals surface area contributed by atoms with Crippen LogP contribution in [0, 0.1) is 0 Å². The summed E-state index contributed by atoms with van der Waals surface area (Å²) in [5, 5.41) is 3.16. The highest BCUT2D eigenvalue weighted by atomic mass is 16.5. The van der Waals surface area contributed by atoms with Crippen molar-refractivity contribution >= 4 is 16.8 Å². The summed E-state index contributed by atoms with van der Waals surface area (Å²) in [7, 11) is 4.57. The van der Waals surface area contributed by atoms with Gasteiger partial charge in [-0.3, -0.25) is 18.7 Å². The van der Waals surface area contributed by atoms with Crippen molar-refractivity contribution < 1.29 is 19.0 Å². The molecule has 0 aliphatic heterocycles. The van der Waals surface area contributed by atoms with Gasteiger partial charge in [0.05, 0.1) is 45.3 Å². The molecule has 1 aromatic heterocycles. The number of aromatic nitrogens is 2. The molecule has 4 aromatic rings. The van der Waals surface area contributed by atoms with Crippen LogP contribution in [0.4, 0.5) is 0 Å². The van der Waals surface area contributed by atoms with Gasteiger partial charge in [-0.2, -0.15) is 0 Å². The number of carbonyl (C=O) groups excluding carboxylic acids is 1. The van der Waals surface area contributed by atoms with Gasteiger partial charge < -0.3 is 19.5 Å². The Kier molecular flexibility index (Phi) is 8.15. The number of ether oxygens (including phenoxy) is 3. The smallest absolute Gasteiger partial charge is 0.332 e. The Hall–Kier alpha value is -4.53. The molecule has 0 aliphatic carbocycles. The molecule has 1 heterocycles. The van der Waals surface area contributed by atoms with E-state index in [0.29, 0.717) is 45.8 Å². The Balaban J connectivity index is 1.83. The summed E-state index contributed by atoms with van der Waals surface area (Å²) >= 11 is 0. The number of methoxy groups -OCH3 is 3. The van der Waals surface area contributed by atoms with Crippen molar-refractivity contribution in [2.45, 2.75) is 26.4 Å². The van der Waals surface area contributed by atoms with Crippen LogP contribution in [-0.2, 0) is 13.1 Å². The maximum atomic E-state index is 13.8. The van der Waals surface area contributed by atoms with Crippen molar-refractivity contribution in [3.05, 3.63) is 98.2 Å². The van der Waals surface area contributed by atoms with E-state index >= 15 is 0 Å². The first-order valence-electron chi connectivity index (χ1n) is 12.3. The summed E-state index contributed by atoms with van der Waals surface area (Å²) in [6, 6.07) is 17.5. The predicted molar refractivity (Wildman–Crippen MR) is 146 cm³/mol. The normalized spacial score (nSPS) is 10.8. The lowest BCUT2D eigenvalue weighted by Crippen LogP contribution is -2.40. The van der Waals surface area contributed by atoms with Crippen LogP contribution >= 0.6 is 0 Å². The second-order valence-electron chi connectivity index (χ2n) is 8.79. The molecule has 0 bridgehead atoms. The molecular weight excluding hydrogens is 486 g/mol. The topological polar surface area (TPSA) is 101 Å². The fraction of sp³-hybridized carbons (Fsp3) is 0.276. The quantitative estimate of drug-likeness (QED) is 0.346. The number of fused-ring (bicyclic) bond motifs is 1. The van der Waals surface area contributed by atoms with Crippen molar-refractivity contribution in [1.82, 2.24) is 14.5 Å². The summed E-state index contributed by atoms with van der Waals surface area (Å²) in [5.74, 6) is 1.30. The van der Waals surface area contributed by atoms with Crippen LogP contribution in [0.1, 0.15) is 34.8 Å². The average molecular weight is 518 g/mol. The van der Waals surface area contributed by atoms with E-state index in [-0.39, 0.29) is 19.0 Å². The molecule has 9 nitrogen and oxygen atoms in total. The van der Waals surface area contributed by atoms with Crippen LogP contribution in [0.5, 0.6) is 17.2 Å². The average Bonchev–Trinajstić information content (AvgIpc) is 2.95. The largest absolute Gasteiger partial charge is 0.497 e. The van der Waals surface area contributed by atoms with Gasteiger partial charge in [-0.1, -0.05) is 31.2 Å². The predicted octanol–water partition coefficient (Wildman–Crippen LogP) is 3.43. The number of amides is 1. The second kappa shape index (κ2) is 11.7. The van der Waals surface area contributed by atoms with Crippen LogP contribution in [0.3, 0.4) is 0 Å². The number of rotatable bonds is 10. The van der Waals surface area contributed by atoms with E-state index in [9.17, 15) is 14.4 Å². The van der Waals surface area contributed by atoms with Crippen LogP contribution in [0.15, 0.2) is 70.3 Å². The number of carbonyl (C=O) groups is 1. The standard InChI is InChI=1S/C29H31N3O6/c1-5-13-30-27(33)21-11-9-19(10-12-21)17-32-28(34)23-15-25(37-3)26(38-4)16-24(23)31(29(32)35)18-20-7-6-8-22(14-20)36-2/h6-12,14-16H,5,13,17-18H2,1-4H3,(H,30,33). The van der Waals surface area contributed by atoms with Crippen LogP contribution in [-0.4, -0.2) is 42.9 Å². The highest BCUT2D eigenvalue weighted by Crippen LogP contribution is 2.30. The number of nitrogens with one attached hydrogen (secondary N) is 1. The zero-order chi connectivity index (χ0) is 27.2. The number of benzene rings is 3. The third-order valence-corrected chi connectivity index (χ3v) is 6.30. The highest BCUT2D eigenvalue weighted by Gasteiger charge is 2.18. The van der Waals surface area contributed by atoms with Gasteiger partial charge in [0.25, 0.3) is 11.5 Å². The Morgan fingerprint density at radius 3 is 2.16 bits per heavy atom. The Morgan fingerprint density at radius 2 is 1.50 bits per heavy atom. The van der Waals surface area contributed by atoms with Gasteiger partial charge in [0.15, 0.2) is 11.5 Å². The summed E-state index contributed by atoms with van der Waals surface area (Å²) in [5.41, 5.74) is 1.57. The van der Waals surface area contributed by atoms with Crippen LogP contribution < -0.4 is 30.8 Å². The third-order valence-electron chi connectivity index (χ3n) is 6.30. The van der Waals surface area contributed by atoms with Gasteiger partial charge in [-0.05, 0) is 47.9 Å². The molecule has 1 amide bonds. The van der Waals surface area contributed by atoms with Gasteiger partial charge in [0.2, 0.25) is 0 Å². The molecule has 0 saturated carbocycles. The first-order chi connectivity index (χ1) is 18.4. The summed E-state index contributed by atoms with van der Waals surface area (Å²) < 4.78 is 18.9. The van der Waals surface area contributed by atoms with E-state index in [4.69, 9.17) is 14.2 Å². The van der Waals surface area contributed by atoms with E-state index < -0.39 is 11.2 Å². The summed E-state index contributed by atoms with van der Waals surface area (Å²) in [4.78, 5) is 39.6. The van der Waals surface area contributed by atoms with Gasteiger partial charge in [0, 0.05) is 18.2 Å². The molecule has 0 aliphatic rings. The molecule has 4 rings (SSSR count). The van der Waals surface area contributed by atoms with Crippen molar-refractivity contribution in [1.29, 1.82) is 0 Å². The van der Waals surface area contributed by atoms with Gasteiger partial charge in [0.1, 0.15) is 5.75 Å². The molecule has 198 valence electrons. The molecular formula is C29H31N3O6. The van der Waals surface area contributed by atoms with Gasteiger partial charge in [-0.25, -0.2) is 4.79 Å². The molecule has 38 heavy (non-hydrogen) atoms. The Morgan fingerprint density at radius 1 is 0.816 bits per heavy atom. The summed E-state index contributed by atoms with van der Waals surface area (Å²) in [6.07, 6.45) is 0.841. The first kappa shape index (κ1) is 26.5. The third kappa shape index (κ3) is 5.41. The molecule has 0 atom stereocenters. The molecule has 0 unspecified atom stereocenters. The molecule has 9 heteroatoms. The van der Waals surface area contributed by atoms with Gasteiger partial charge >= 0.3 is 5.69 Å². The zero-order valence-corrected chi connectivity index (χ0v) is 21.9. The lowest BCUT2D eigenvalue weighted by molar-refractivity contribution is 0.0953. The van der Waals surface area contributed by atoms with Crippen molar-refractivity contribution in [3.63, 3.8) is 0 Å². The SMILES string of the molecule is CCCNC(=O)c1ccc(Cn2c(=O)c3cc(OC)c(OC)cc3n(Cc3cccc(OC)c3)c2=O)cc1. The Bertz CT molecular complexity index is 1570. The maximum absolute atomic E-state index is 13.8. The van der Waals surface area contributed by atoms with E-state index in [1.54, 1.807) is 48.1 Å². The number of hydrogen-bond donors (Lipinski definition) is 1. The molecule has 0 saturated heterocycles. The minimum atomic E-state index is -0.470. The molecule has 3 aromatic carbocycles. The van der Waals surface area contributed by atoms with Crippen LogP contribution in [0.2, 0.25) is 0 Å². The minimum Gasteiger partial charge on any atom is -0.497 e. The Labute approximate surface area is 220 Å². The monoisotopic (exact) mass is 517 g/mol. The van der Waals surface area contributed by atoms with Crippen LogP contribution in [0.25, 0.3) is 10.9 Å². The summed E-state index contributed by atoms with van der Waals surface area (Å²) in [6.45, 7) is 2.82. The van der Waals surface area contributed by atoms with Crippen molar-refractivity contribution in [3.8, 4) is 17.2 Å². The lowest BCUT2D eigenvalue weighted by Gasteiger charge is -2.17. The fourth-order valence-corrected chi connectivity index (χ4v) is 4.27. The molecule has 0 spiro atoms. The minimum absolute atomic E-state index is 0.0386. The zero-order valence-electron chi connectivity index (χ0n) is 21.9. The number of nitrogens with zero attached hydrogens (tertiary/aromatic N) is 2. The highest BCUT2D eigenvalue weighted by molar-refractivity contribution is 5.94. The second-order valence-corrected chi connectivity index (χ2v) is 8.79. The lowest BCUT2D eigenvalue weighted by atomic mass is 10.1. The van der Waals surface area contributed by atoms with E-state index in [0.717, 1.165) is 12.0 Å². The van der Waals surface area contributed by atoms with Crippen molar-refractivity contribution in [2.75, 3.05) is 27.9 Å². The molecule has 1 N–H and O–H groups in total.